The lowest BCUT2D eigenvalue weighted by Crippen LogP contribution is -2.53. The van der Waals surface area contributed by atoms with Crippen molar-refractivity contribution in [3.8, 4) is 11.1 Å². The molecule has 2 aromatic rings. The molecule has 29 heavy (non-hydrogen) atoms. The van der Waals surface area contributed by atoms with Crippen molar-refractivity contribution >= 4 is 5.91 Å². The Kier molecular flexibility index (Phi) is 5.99. The van der Waals surface area contributed by atoms with Crippen LogP contribution in [0.4, 0.5) is 0 Å². The van der Waals surface area contributed by atoms with Gasteiger partial charge in [0.05, 0.1) is 12.1 Å². The van der Waals surface area contributed by atoms with Crippen LogP contribution in [0, 0.1) is 11.8 Å². The number of nitrogens with zero attached hydrogens (tertiary/aromatic N) is 1. The molecule has 0 radical (unpaired) electrons. The molecular weight excluding hydrogens is 360 g/mol. The van der Waals surface area contributed by atoms with Crippen LogP contribution in [0.3, 0.4) is 0 Å². The van der Waals surface area contributed by atoms with E-state index in [0.717, 1.165) is 25.9 Å². The summed E-state index contributed by atoms with van der Waals surface area (Å²) in [7, 11) is 0. The summed E-state index contributed by atoms with van der Waals surface area (Å²) in [6.07, 6.45) is 1.88. The smallest absolute Gasteiger partial charge is 0.239 e. The zero-order valence-corrected chi connectivity index (χ0v) is 17.3. The van der Waals surface area contributed by atoms with Crippen LogP contribution >= 0.6 is 0 Å². The number of rotatable bonds is 5. The molecule has 0 aromatic heterocycles. The molecule has 0 spiro atoms. The van der Waals surface area contributed by atoms with Crippen molar-refractivity contribution in [2.75, 3.05) is 13.1 Å². The Morgan fingerprint density at radius 2 is 1.79 bits per heavy atom. The van der Waals surface area contributed by atoms with Gasteiger partial charge in [-0.05, 0) is 29.0 Å². The number of hydrogen-bond acceptors (Lipinski definition) is 4. The van der Waals surface area contributed by atoms with Gasteiger partial charge in [0.2, 0.25) is 5.91 Å². The van der Waals surface area contributed by atoms with Crippen LogP contribution in [-0.4, -0.2) is 36.0 Å². The third-order valence-corrected chi connectivity index (χ3v) is 6.74. The Hall–Kier alpha value is -2.21. The number of carbonyl (C=O) groups is 1. The molecule has 4 rings (SSSR count). The minimum Gasteiger partial charge on any atom is -0.341 e. The zero-order chi connectivity index (χ0) is 20.4. The summed E-state index contributed by atoms with van der Waals surface area (Å²) in [4.78, 5) is 14.9. The molecule has 2 aliphatic heterocycles. The third-order valence-electron chi connectivity index (χ3n) is 6.74. The lowest BCUT2D eigenvalue weighted by Gasteiger charge is -2.38. The number of fused-ring (bicyclic) bond motifs is 1. The molecule has 4 N–H and O–H groups in total. The van der Waals surface area contributed by atoms with Gasteiger partial charge in [-0.15, -0.1) is 0 Å². The van der Waals surface area contributed by atoms with Crippen LogP contribution in [0.25, 0.3) is 11.1 Å². The van der Waals surface area contributed by atoms with Gasteiger partial charge in [0.15, 0.2) is 0 Å². The first-order chi connectivity index (χ1) is 14.1. The van der Waals surface area contributed by atoms with Crippen LogP contribution in [0.5, 0.6) is 0 Å². The topological polar surface area (TPSA) is 70.4 Å². The number of nitrogens with one attached hydrogen (secondary N) is 2. The largest absolute Gasteiger partial charge is 0.341 e. The highest BCUT2D eigenvalue weighted by molar-refractivity contribution is 5.82. The van der Waals surface area contributed by atoms with Crippen molar-refractivity contribution in [3.05, 3.63) is 60.2 Å². The van der Waals surface area contributed by atoms with Gasteiger partial charge in [0, 0.05) is 25.0 Å². The second kappa shape index (κ2) is 8.66. The third kappa shape index (κ3) is 4.08. The number of likely N-dealkylation sites (tertiary alicyclic amines) is 1. The second-order valence-corrected chi connectivity index (χ2v) is 8.51. The van der Waals surface area contributed by atoms with Gasteiger partial charge in [-0.3, -0.25) is 10.2 Å². The Labute approximate surface area is 173 Å². The maximum atomic E-state index is 12.9. The molecular formula is C24H32N4O. The van der Waals surface area contributed by atoms with Crippen molar-refractivity contribution in [2.24, 2.45) is 17.6 Å². The molecule has 2 saturated heterocycles. The highest BCUT2D eigenvalue weighted by Gasteiger charge is 2.42. The van der Waals surface area contributed by atoms with E-state index in [1.165, 1.54) is 16.7 Å². The average Bonchev–Trinajstić information content (AvgIpc) is 3.21. The second-order valence-electron chi connectivity index (χ2n) is 8.51. The van der Waals surface area contributed by atoms with E-state index in [9.17, 15) is 4.79 Å². The molecule has 5 heteroatoms. The number of nitrogens with two attached hydrogens (primary N) is 1. The first-order valence-corrected chi connectivity index (χ1v) is 10.8. The standard InChI is InChI=1S/C24H32N4O/c1-3-16(2)22(25)24(29)28-14-13-21-20(15-28)23(27-26-21)19-11-9-18(10-12-19)17-7-5-4-6-8-17/h4-12,16,20-23,26-27H,3,13-15,25H2,1-2H3/t16-,20?,21?,22+,23?/m1/s1. The highest BCUT2D eigenvalue weighted by Crippen LogP contribution is 2.35. The van der Waals surface area contributed by atoms with Crippen LogP contribution < -0.4 is 16.6 Å². The van der Waals surface area contributed by atoms with Crippen molar-refractivity contribution < 1.29 is 4.79 Å². The van der Waals surface area contributed by atoms with Gasteiger partial charge >= 0.3 is 0 Å². The SMILES string of the molecule is CC[C@@H](C)[C@H](N)C(=O)N1CCC2NNC(c3ccc(-c4ccccc4)cc3)C2C1. The Morgan fingerprint density at radius 3 is 2.48 bits per heavy atom. The van der Waals surface area contributed by atoms with Gasteiger partial charge in [0.25, 0.3) is 0 Å². The fourth-order valence-electron chi connectivity index (χ4n) is 4.56. The average molecular weight is 393 g/mol. The van der Waals surface area contributed by atoms with Crippen LogP contribution in [0.15, 0.2) is 54.6 Å². The molecule has 0 aliphatic carbocycles. The summed E-state index contributed by atoms with van der Waals surface area (Å²) in [6.45, 7) is 5.67. The number of benzene rings is 2. The maximum Gasteiger partial charge on any atom is 0.239 e. The summed E-state index contributed by atoms with van der Waals surface area (Å²) in [5.41, 5.74) is 16.9. The van der Waals surface area contributed by atoms with Crippen molar-refractivity contribution in [3.63, 3.8) is 0 Å². The monoisotopic (exact) mass is 392 g/mol. The van der Waals surface area contributed by atoms with Crippen molar-refractivity contribution in [1.29, 1.82) is 0 Å². The van der Waals surface area contributed by atoms with Crippen LogP contribution in [0.1, 0.15) is 38.3 Å². The Balaban J connectivity index is 1.47. The normalized spacial score (nSPS) is 26.0. The summed E-state index contributed by atoms with van der Waals surface area (Å²) < 4.78 is 0. The highest BCUT2D eigenvalue weighted by atomic mass is 16.2. The molecule has 154 valence electrons. The number of piperidine rings is 1. The van der Waals surface area contributed by atoms with E-state index in [1.807, 2.05) is 11.0 Å². The van der Waals surface area contributed by atoms with Gasteiger partial charge < -0.3 is 10.6 Å². The van der Waals surface area contributed by atoms with Gasteiger partial charge in [0.1, 0.15) is 0 Å². The van der Waals surface area contributed by atoms with Crippen molar-refractivity contribution in [2.45, 2.75) is 44.8 Å². The first kappa shape index (κ1) is 20.1. The summed E-state index contributed by atoms with van der Waals surface area (Å²) in [5.74, 6) is 0.656. The molecule has 2 fully saturated rings. The van der Waals surface area contributed by atoms with Crippen LogP contribution in [0.2, 0.25) is 0 Å². The van der Waals surface area contributed by atoms with E-state index < -0.39 is 6.04 Å². The van der Waals surface area contributed by atoms with E-state index in [4.69, 9.17) is 5.73 Å². The van der Waals surface area contributed by atoms with E-state index >= 15 is 0 Å². The Bertz CT molecular complexity index is 823. The van der Waals surface area contributed by atoms with E-state index in [1.54, 1.807) is 0 Å². The van der Waals surface area contributed by atoms with Gasteiger partial charge in [-0.1, -0.05) is 74.9 Å². The predicted octanol–water partition coefficient (Wildman–Crippen LogP) is 3.09. The maximum absolute atomic E-state index is 12.9. The quantitative estimate of drug-likeness (QED) is 0.731. The molecule has 1 amide bonds. The number of carbonyl (C=O) groups excluding carboxylic acids is 1. The fourth-order valence-corrected chi connectivity index (χ4v) is 4.56. The molecule has 2 aliphatic rings. The zero-order valence-electron chi connectivity index (χ0n) is 17.3. The van der Waals surface area contributed by atoms with E-state index in [0.29, 0.717) is 12.0 Å². The number of hydrogen-bond donors (Lipinski definition) is 3. The summed E-state index contributed by atoms with van der Waals surface area (Å²) in [6, 6.07) is 19.4. The lowest BCUT2D eigenvalue weighted by molar-refractivity contribution is -0.135. The van der Waals surface area contributed by atoms with Gasteiger partial charge in [-0.2, -0.15) is 0 Å². The fraction of sp³-hybridized carbons (Fsp3) is 0.458. The number of amides is 1. The number of hydrazine groups is 1. The Morgan fingerprint density at radius 1 is 1.10 bits per heavy atom. The minimum absolute atomic E-state index is 0.0999. The van der Waals surface area contributed by atoms with E-state index in [-0.39, 0.29) is 17.9 Å². The minimum atomic E-state index is -0.400. The van der Waals surface area contributed by atoms with Crippen molar-refractivity contribution in [1.82, 2.24) is 15.8 Å². The molecule has 5 nitrogen and oxygen atoms in total. The predicted molar refractivity (Wildman–Crippen MR) is 117 cm³/mol. The van der Waals surface area contributed by atoms with Gasteiger partial charge in [-0.25, -0.2) is 5.43 Å². The first-order valence-electron chi connectivity index (χ1n) is 10.8. The molecule has 2 heterocycles. The summed E-state index contributed by atoms with van der Waals surface area (Å²) in [5, 5.41) is 0. The molecule has 2 aromatic carbocycles. The van der Waals surface area contributed by atoms with E-state index in [2.05, 4.69) is 73.2 Å². The van der Waals surface area contributed by atoms with Crippen LogP contribution in [-0.2, 0) is 4.79 Å². The molecule has 0 saturated carbocycles. The molecule has 5 atom stereocenters. The lowest BCUT2D eigenvalue weighted by atomic mass is 9.84. The molecule has 3 unspecified atom stereocenters. The summed E-state index contributed by atoms with van der Waals surface area (Å²) >= 11 is 0. The molecule has 0 bridgehead atoms.